The average molecular weight is 548 g/mol. The zero-order valence-corrected chi connectivity index (χ0v) is 22.2. The number of benzene rings is 4. The highest BCUT2D eigenvalue weighted by molar-refractivity contribution is 6.32. The smallest absolute Gasteiger partial charge is 0.185 e. The van der Waals surface area contributed by atoms with Crippen molar-refractivity contribution in [2.24, 2.45) is 5.41 Å². The minimum Gasteiger partial charge on any atom is -0.352 e. The molecule has 0 N–H and O–H groups in total. The van der Waals surface area contributed by atoms with Crippen molar-refractivity contribution in [2.75, 3.05) is 4.90 Å². The summed E-state index contributed by atoms with van der Waals surface area (Å²) in [5, 5.41) is 0.503. The lowest BCUT2D eigenvalue weighted by Crippen LogP contribution is -2.48. The number of carbonyl (C=O) groups excluding carboxylic acids is 3. The fraction of sp³-hybridized carbons (Fsp3) is 0.147. The average Bonchev–Trinajstić information content (AvgIpc) is 3.39. The monoisotopic (exact) mass is 547 g/mol. The van der Waals surface area contributed by atoms with Crippen LogP contribution >= 0.6 is 11.6 Å². The molecule has 40 heavy (non-hydrogen) atoms. The molecule has 1 aliphatic carbocycles. The molecule has 0 aromatic heterocycles. The number of hydrogen-bond donors (Lipinski definition) is 0. The van der Waals surface area contributed by atoms with Crippen LogP contribution in [-0.2, 0) is 0 Å². The third kappa shape index (κ3) is 3.28. The van der Waals surface area contributed by atoms with E-state index in [0.717, 1.165) is 5.56 Å². The van der Waals surface area contributed by atoms with Crippen molar-refractivity contribution < 1.29 is 18.8 Å². The van der Waals surface area contributed by atoms with Crippen LogP contribution in [-0.4, -0.2) is 29.4 Å². The lowest BCUT2D eigenvalue weighted by Gasteiger charge is -2.37. The second-order valence-corrected chi connectivity index (χ2v) is 11.1. The van der Waals surface area contributed by atoms with Gasteiger partial charge in [0.15, 0.2) is 17.3 Å². The fourth-order valence-corrected chi connectivity index (χ4v) is 7.01. The van der Waals surface area contributed by atoms with Crippen LogP contribution < -0.4 is 4.90 Å². The van der Waals surface area contributed by atoms with E-state index in [-0.39, 0.29) is 17.3 Å². The van der Waals surface area contributed by atoms with Crippen LogP contribution in [0.3, 0.4) is 0 Å². The quantitative estimate of drug-likeness (QED) is 0.203. The number of halogens is 2. The van der Waals surface area contributed by atoms with Gasteiger partial charge in [-0.05, 0) is 42.8 Å². The van der Waals surface area contributed by atoms with Crippen LogP contribution in [0.5, 0.6) is 0 Å². The Balaban J connectivity index is 1.54. The molecule has 0 bridgehead atoms. The second-order valence-electron chi connectivity index (χ2n) is 10.7. The summed E-state index contributed by atoms with van der Waals surface area (Å²) in [5.74, 6) is -2.08. The van der Waals surface area contributed by atoms with Gasteiger partial charge in [0.1, 0.15) is 17.3 Å². The van der Waals surface area contributed by atoms with Gasteiger partial charge in [0.25, 0.3) is 0 Å². The molecule has 7 rings (SSSR count). The maximum absolute atomic E-state index is 14.6. The zero-order valence-electron chi connectivity index (χ0n) is 21.5. The first-order chi connectivity index (χ1) is 19.3. The number of rotatable bonds is 3. The highest BCUT2D eigenvalue weighted by Crippen LogP contribution is 2.61. The van der Waals surface area contributed by atoms with Crippen molar-refractivity contribution in [2.45, 2.75) is 24.9 Å². The Labute approximate surface area is 235 Å². The maximum Gasteiger partial charge on any atom is 0.185 e. The van der Waals surface area contributed by atoms with Gasteiger partial charge in [-0.15, -0.1) is 0 Å². The summed E-state index contributed by atoms with van der Waals surface area (Å²) in [5.41, 5.74) is 2.43. The normalized spacial score (nSPS) is 21.9. The molecule has 2 aliphatic heterocycles. The highest BCUT2D eigenvalue weighted by atomic mass is 35.5. The van der Waals surface area contributed by atoms with Gasteiger partial charge < -0.3 is 4.90 Å². The summed E-state index contributed by atoms with van der Waals surface area (Å²) in [6.45, 7) is 1.94. The number of anilines is 1. The summed E-state index contributed by atoms with van der Waals surface area (Å²) < 4.78 is 14.3. The third-order valence-electron chi connectivity index (χ3n) is 8.60. The molecule has 196 valence electrons. The van der Waals surface area contributed by atoms with E-state index in [2.05, 4.69) is 0 Å². The topological polar surface area (TPSA) is 54.5 Å². The van der Waals surface area contributed by atoms with Gasteiger partial charge in [0, 0.05) is 38.9 Å². The third-order valence-corrected chi connectivity index (χ3v) is 8.85. The van der Waals surface area contributed by atoms with Gasteiger partial charge in [-0.1, -0.05) is 90.0 Å². The molecular formula is C34H23ClFNO3. The van der Waals surface area contributed by atoms with E-state index < -0.39 is 29.2 Å². The van der Waals surface area contributed by atoms with Crippen LogP contribution in [0, 0.1) is 18.2 Å². The van der Waals surface area contributed by atoms with Crippen LogP contribution in [0.1, 0.15) is 53.7 Å². The number of hydrogen-bond acceptors (Lipinski definition) is 4. The summed E-state index contributed by atoms with van der Waals surface area (Å²) in [4.78, 5) is 45.6. The van der Waals surface area contributed by atoms with E-state index in [1.54, 1.807) is 78.9 Å². The molecule has 2 heterocycles. The Bertz CT molecular complexity index is 1720. The first-order valence-corrected chi connectivity index (χ1v) is 13.5. The van der Waals surface area contributed by atoms with Crippen molar-refractivity contribution in [1.29, 1.82) is 0 Å². The molecule has 1 fully saturated rings. The maximum atomic E-state index is 14.6. The Hall–Kier alpha value is -4.35. The number of ketones is 3. The molecule has 1 unspecified atom stereocenters. The van der Waals surface area contributed by atoms with E-state index in [4.69, 9.17) is 11.6 Å². The molecule has 0 radical (unpaired) electrons. The van der Waals surface area contributed by atoms with E-state index >= 15 is 0 Å². The molecule has 0 saturated carbocycles. The molecule has 1 saturated heterocycles. The molecule has 6 heteroatoms. The minimum atomic E-state index is -1.61. The standard InChI is InChI=1S/C34H23ClFNO3/c1-19-6-8-21(9-7-19)31(38)30-29(20-10-13-23(35)14-11-20)34(32(39)25-4-2-3-5-26(25)33(34)40)28-17-12-22-18-24(36)15-16-27(22)37(28)30/h2-18,28-30H,1H3/t28?,29-,30+/m0/s1. The van der Waals surface area contributed by atoms with E-state index in [0.29, 0.717) is 38.5 Å². The Morgan fingerprint density at radius 2 is 1.52 bits per heavy atom. The molecule has 3 aliphatic rings. The fourth-order valence-electron chi connectivity index (χ4n) is 6.88. The Morgan fingerprint density at radius 1 is 0.875 bits per heavy atom. The van der Waals surface area contributed by atoms with E-state index in [1.165, 1.54) is 12.1 Å². The predicted octanol–water partition coefficient (Wildman–Crippen LogP) is 7.10. The van der Waals surface area contributed by atoms with Gasteiger partial charge in [-0.25, -0.2) is 4.39 Å². The lowest BCUT2D eigenvalue weighted by atomic mass is 9.64. The van der Waals surface area contributed by atoms with Gasteiger partial charge in [-0.3, -0.25) is 14.4 Å². The van der Waals surface area contributed by atoms with Gasteiger partial charge in [-0.2, -0.15) is 0 Å². The first-order valence-electron chi connectivity index (χ1n) is 13.1. The molecule has 1 spiro atoms. The molecule has 4 aromatic carbocycles. The van der Waals surface area contributed by atoms with Crippen LogP contribution in [0.15, 0.2) is 97.1 Å². The Morgan fingerprint density at radius 3 is 2.17 bits per heavy atom. The molecule has 4 aromatic rings. The molecule has 0 amide bonds. The molecular weight excluding hydrogens is 525 g/mol. The largest absolute Gasteiger partial charge is 0.352 e. The van der Waals surface area contributed by atoms with Crippen LogP contribution in [0.2, 0.25) is 5.02 Å². The van der Waals surface area contributed by atoms with Crippen molar-refractivity contribution in [3.8, 4) is 0 Å². The summed E-state index contributed by atoms with van der Waals surface area (Å²) >= 11 is 6.26. The number of carbonyl (C=O) groups is 3. The number of aryl methyl sites for hydroxylation is 1. The highest BCUT2D eigenvalue weighted by Gasteiger charge is 2.71. The van der Waals surface area contributed by atoms with Crippen LogP contribution in [0.25, 0.3) is 6.08 Å². The van der Waals surface area contributed by atoms with E-state index in [9.17, 15) is 18.8 Å². The summed E-state index contributed by atoms with van der Waals surface area (Å²) in [6.07, 6.45) is 3.54. The number of nitrogens with zero attached hydrogens (tertiary/aromatic N) is 1. The minimum absolute atomic E-state index is 0.219. The lowest BCUT2D eigenvalue weighted by molar-refractivity contribution is 0.0666. The summed E-state index contributed by atoms with van der Waals surface area (Å²) in [7, 11) is 0. The number of Topliss-reactive ketones (excluding diaryl/α,β-unsaturated/α-hetero) is 3. The van der Waals surface area contributed by atoms with Gasteiger partial charge in [0.2, 0.25) is 0 Å². The van der Waals surface area contributed by atoms with E-state index in [1.807, 2.05) is 24.0 Å². The summed E-state index contributed by atoms with van der Waals surface area (Å²) in [6, 6.07) is 23.8. The zero-order chi connectivity index (χ0) is 27.8. The van der Waals surface area contributed by atoms with Gasteiger partial charge in [0.05, 0.1) is 6.04 Å². The van der Waals surface area contributed by atoms with Crippen molar-refractivity contribution in [3.63, 3.8) is 0 Å². The van der Waals surface area contributed by atoms with Crippen molar-refractivity contribution >= 4 is 40.7 Å². The number of fused-ring (bicyclic) bond motifs is 5. The molecule has 4 nitrogen and oxygen atoms in total. The predicted molar refractivity (Wildman–Crippen MR) is 153 cm³/mol. The van der Waals surface area contributed by atoms with Crippen LogP contribution in [0.4, 0.5) is 10.1 Å². The van der Waals surface area contributed by atoms with Gasteiger partial charge >= 0.3 is 0 Å². The SMILES string of the molecule is Cc1ccc(C(=O)[C@H]2[C@H](c3ccc(Cl)cc3)C3(C(=O)c4ccccc4C3=O)C3C=Cc4cc(F)ccc4N32)cc1. The first kappa shape index (κ1) is 24.7. The second kappa shape index (κ2) is 8.83. The Kier molecular flexibility index (Phi) is 5.45. The molecule has 3 atom stereocenters. The van der Waals surface area contributed by atoms with Crippen molar-refractivity contribution in [3.05, 3.63) is 141 Å². The van der Waals surface area contributed by atoms with Crippen molar-refractivity contribution in [1.82, 2.24) is 0 Å².